The summed E-state index contributed by atoms with van der Waals surface area (Å²) in [4.78, 5) is 4.27. The average Bonchev–Trinajstić information content (AvgIpc) is 2.89. The molecule has 0 fully saturated rings. The van der Waals surface area contributed by atoms with Gasteiger partial charge in [-0.05, 0) is 62.4 Å². The second-order valence-electron chi connectivity index (χ2n) is 6.92. The monoisotopic (exact) mass is 359 g/mol. The van der Waals surface area contributed by atoms with Gasteiger partial charge in [-0.15, -0.1) is 0 Å². The fourth-order valence-corrected chi connectivity index (χ4v) is 2.97. The molecule has 0 radical (unpaired) electrons. The summed E-state index contributed by atoms with van der Waals surface area (Å²) in [6, 6.07) is 7.02. The van der Waals surface area contributed by atoms with Gasteiger partial charge in [-0.1, -0.05) is 13.0 Å². The van der Waals surface area contributed by atoms with E-state index >= 15 is 0 Å². The molecule has 0 aliphatic carbocycles. The van der Waals surface area contributed by atoms with E-state index < -0.39 is 0 Å². The van der Waals surface area contributed by atoms with Crippen molar-refractivity contribution in [3.8, 4) is 0 Å². The lowest BCUT2D eigenvalue weighted by atomic mass is 10.1. The Bertz CT molecular complexity index is 751. The van der Waals surface area contributed by atoms with E-state index in [0.29, 0.717) is 5.92 Å². The Kier molecular flexibility index (Phi) is 7.18. The van der Waals surface area contributed by atoms with E-state index in [9.17, 15) is 4.39 Å². The molecule has 0 saturated carbocycles. The molecule has 2 N–H and O–H groups in total. The molecule has 26 heavy (non-hydrogen) atoms. The molecule has 0 bridgehead atoms. The lowest BCUT2D eigenvalue weighted by Gasteiger charge is -2.17. The van der Waals surface area contributed by atoms with Crippen LogP contribution in [0.4, 0.5) is 4.39 Å². The third-order valence-corrected chi connectivity index (χ3v) is 4.42. The predicted octanol–water partition coefficient (Wildman–Crippen LogP) is 2.99. The molecule has 1 heterocycles. The molecule has 0 saturated heterocycles. The number of nitrogens with zero attached hydrogens (tertiary/aromatic N) is 3. The maximum Gasteiger partial charge on any atom is 0.190 e. The number of guanidine groups is 1. The van der Waals surface area contributed by atoms with Crippen LogP contribution in [-0.2, 0) is 13.0 Å². The zero-order valence-electron chi connectivity index (χ0n) is 16.4. The van der Waals surface area contributed by atoms with Gasteiger partial charge in [0.1, 0.15) is 5.82 Å². The summed E-state index contributed by atoms with van der Waals surface area (Å²) in [5.74, 6) is 1.02. The van der Waals surface area contributed by atoms with Gasteiger partial charge >= 0.3 is 0 Å². The Morgan fingerprint density at radius 3 is 2.62 bits per heavy atom. The summed E-state index contributed by atoms with van der Waals surface area (Å²) >= 11 is 0. The summed E-state index contributed by atoms with van der Waals surface area (Å²) in [7, 11) is 1.77. The Morgan fingerprint density at radius 2 is 2.00 bits per heavy atom. The number of hydrogen-bond acceptors (Lipinski definition) is 2. The molecule has 0 aliphatic rings. The van der Waals surface area contributed by atoms with Gasteiger partial charge in [-0.2, -0.15) is 5.10 Å². The van der Waals surface area contributed by atoms with Crippen LogP contribution < -0.4 is 10.6 Å². The molecular weight excluding hydrogens is 329 g/mol. The van der Waals surface area contributed by atoms with Crippen molar-refractivity contribution in [3.05, 3.63) is 52.6 Å². The molecular formula is C20H30FN5. The third-order valence-electron chi connectivity index (χ3n) is 4.42. The molecule has 142 valence electrons. The van der Waals surface area contributed by atoms with Crippen molar-refractivity contribution in [2.75, 3.05) is 20.1 Å². The lowest BCUT2D eigenvalue weighted by molar-refractivity contribution is 0.436. The van der Waals surface area contributed by atoms with Gasteiger partial charge < -0.3 is 10.6 Å². The Morgan fingerprint density at radius 1 is 1.23 bits per heavy atom. The fraction of sp³-hybridized carbons (Fsp3) is 0.500. The minimum absolute atomic E-state index is 0.187. The highest BCUT2D eigenvalue weighted by Crippen LogP contribution is 2.10. The molecule has 2 rings (SSSR count). The number of halogens is 1. The summed E-state index contributed by atoms with van der Waals surface area (Å²) < 4.78 is 15.2. The van der Waals surface area contributed by atoms with E-state index in [1.54, 1.807) is 13.1 Å². The summed E-state index contributed by atoms with van der Waals surface area (Å²) in [5, 5.41) is 11.2. The van der Waals surface area contributed by atoms with Crippen LogP contribution >= 0.6 is 0 Å². The van der Waals surface area contributed by atoms with Crippen molar-refractivity contribution in [2.24, 2.45) is 10.9 Å². The molecule has 6 heteroatoms. The van der Waals surface area contributed by atoms with Crippen molar-refractivity contribution >= 4 is 5.96 Å². The molecule has 1 aromatic carbocycles. The number of nitrogens with one attached hydrogen (secondary N) is 2. The van der Waals surface area contributed by atoms with Crippen LogP contribution in [0.15, 0.2) is 29.3 Å². The standard InChI is InChI=1S/C20H30FN5/c1-14(13-26-17(4)11-16(3)25-26)12-24-20(22-5)23-9-8-18-6-7-19(21)10-15(18)2/h6-7,10-11,14H,8-9,12-13H2,1-5H3,(H2,22,23,24). The van der Waals surface area contributed by atoms with Crippen LogP contribution in [0.25, 0.3) is 0 Å². The van der Waals surface area contributed by atoms with Gasteiger partial charge in [-0.3, -0.25) is 9.67 Å². The highest BCUT2D eigenvalue weighted by atomic mass is 19.1. The van der Waals surface area contributed by atoms with E-state index in [0.717, 1.165) is 48.8 Å². The van der Waals surface area contributed by atoms with Crippen LogP contribution in [-0.4, -0.2) is 35.9 Å². The van der Waals surface area contributed by atoms with Crippen LogP contribution in [0.3, 0.4) is 0 Å². The lowest BCUT2D eigenvalue weighted by Crippen LogP contribution is -2.40. The molecule has 0 spiro atoms. The van der Waals surface area contributed by atoms with Crippen molar-refractivity contribution < 1.29 is 4.39 Å². The van der Waals surface area contributed by atoms with E-state index in [4.69, 9.17) is 0 Å². The van der Waals surface area contributed by atoms with Gasteiger partial charge in [0.2, 0.25) is 0 Å². The van der Waals surface area contributed by atoms with Crippen LogP contribution in [0.2, 0.25) is 0 Å². The SMILES string of the molecule is CN=C(NCCc1ccc(F)cc1C)NCC(C)Cn1nc(C)cc1C. The smallest absolute Gasteiger partial charge is 0.190 e. The topological polar surface area (TPSA) is 54.2 Å². The van der Waals surface area contributed by atoms with Crippen molar-refractivity contribution in [3.63, 3.8) is 0 Å². The number of benzene rings is 1. The first-order chi connectivity index (χ1) is 12.4. The third kappa shape index (κ3) is 5.86. The molecule has 1 atom stereocenters. The predicted molar refractivity (Wildman–Crippen MR) is 105 cm³/mol. The second kappa shape index (κ2) is 9.36. The summed E-state index contributed by atoms with van der Waals surface area (Å²) in [6.45, 7) is 10.7. The van der Waals surface area contributed by atoms with Crippen LogP contribution in [0.5, 0.6) is 0 Å². The van der Waals surface area contributed by atoms with Crippen LogP contribution in [0.1, 0.15) is 29.4 Å². The largest absolute Gasteiger partial charge is 0.356 e. The molecule has 5 nitrogen and oxygen atoms in total. The van der Waals surface area contributed by atoms with Crippen molar-refractivity contribution in [1.82, 2.24) is 20.4 Å². The van der Waals surface area contributed by atoms with E-state index in [-0.39, 0.29) is 5.82 Å². The Hall–Kier alpha value is -2.37. The second-order valence-corrected chi connectivity index (χ2v) is 6.92. The minimum atomic E-state index is -0.187. The zero-order valence-corrected chi connectivity index (χ0v) is 16.4. The van der Waals surface area contributed by atoms with E-state index in [1.807, 2.05) is 19.9 Å². The van der Waals surface area contributed by atoms with E-state index in [1.165, 1.54) is 11.8 Å². The summed E-state index contributed by atoms with van der Waals surface area (Å²) in [5.41, 5.74) is 4.36. The first-order valence-corrected chi connectivity index (χ1v) is 9.09. The molecule has 1 aromatic heterocycles. The molecule has 2 aromatic rings. The maximum atomic E-state index is 13.2. The normalized spacial score (nSPS) is 12.9. The number of aryl methyl sites for hydroxylation is 3. The summed E-state index contributed by atoms with van der Waals surface area (Å²) in [6.07, 6.45) is 0.828. The quantitative estimate of drug-likeness (QED) is 0.590. The molecule has 0 aliphatic heterocycles. The minimum Gasteiger partial charge on any atom is -0.356 e. The fourth-order valence-electron chi connectivity index (χ4n) is 2.97. The molecule has 1 unspecified atom stereocenters. The van der Waals surface area contributed by atoms with Gasteiger partial charge in [0.05, 0.1) is 5.69 Å². The first kappa shape index (κ1) is 19.9. The Balaban J connectivity index is 1.75. The number of rotatable bonds is 7. The number of hydrogen-bond donors (Lipinski definition) is 2. The highest BCUT2D eigenvalue weighted by molar-refractivity contribution is 5.79. The van der Waals surface area contributed by atoms with E-state index in [2.05, 4.69) is 45.3 Å². The van der Waals surface area contributed by atoms with Crippen molar-refractivity contribution in [2.45, 2.75) is 40.7 Å². The maximum absolute atomic E-state index is 13.2. The zero-order chi connectivity index (χ0) is 19.1. The number of aromatic nitrogens is 2. The average molecular weight is 359 g/mol. The number of aliphatic imine (C=N–C) groups is 1. The van der Waals surface area contributed by atoms with Gasteiger partial charge in [0.25, 0.3) is 0 Å². The highest BCUT2D eigenvalue weighted by Gasteiger charge is 2.08. The first-order valence-electron chi connectivity index (χ1n) is 9.09. The van der Waals surface area contributed by atoms with Gasteiger partial charge in [-0.25, -0.2) is 4.39 Å². The van der Waals surface area contributed by atoms with Gasteiger partial charge in [0, 0.05) is 32.4 Å². The van der Waals surface area contributed by atoms with Gasteiger partial charge in [0.15, 0.2) is 5.96 Å². The molecule has 0 amide bonds. The van der Waals surface area contributed by atoms with Crippen LogP contribution in [0, 0.1) is 32.5 Å². The Labute approximate surface area is 155 Å². The van der Waals surface area contributed by atoms with Crippen molar-refractivity contribution in [1.29, 1.82) is 0 Å².